The lowest BCUT2D eigenvalue weighted by atomic mass is 10.1. The molecule has 2 heteroatoms. The van der Waals surface area contributed by atoms with Gasteiger partial charge in [-0.15, -0.1) is 0 Å². The van der Waals surface area contributed by atoms with Crippen molar-refractivity contribution >= 4 is 0 Å². The summed E-state index contributed by atoms with van der Waals surface area (Å²) in [6, 6.07) is 0. The third kappa shape index (κ3) is 3.84. The average molecular weight is 116 g/mol. The number of allylic oxidation sites excluding steroid dienone is 2. The van der Waals surface area contributed by atoms with Crippen molar-refractivity contribution in [1.82, 2.24) is 12.3 Å². The molecule has 0 atom stereocenters. The summed E-state index contributed by atoms with van der Waals surface area (Å²) in [7, 11) is 0. The predicted octanol–water partition coefficient (Wildman–Crippen LogP) is 2.44. The van der Waals surface area contributed by atoms with Crippen LogP contribution < -0.4 is 12.3 Å². The first-order chi connectivity index (χ1) is 3.00. The molecule has 8 heavy (non-hydrogen) atoms. The van der Waals surface area contributed by atoms with E-state index < -0.39 is 0 Å². The number of hydrogen-bond acceptors (Lipinski definition) is 2. The second-order valence-corrected chi connectivity index (χ2v) is 1.76. The van der Waals surface area contributed by atoms with Gasteiger partial charge < -0.3 is 12.3 Å². The van der Waals surface area contributed by atoms with E-state index in [1.165, 1.54) is 25.7 Å². The standard InChI is InChI=1S/C6H10.2H3N/c1-2-4-6-5-3-1;;/h1-2H,3-6H2;2*1H3. The number of hydrogen-bond donors (Lipinski definition) is 2. The molecule has 0 unspecified atom stereocenters. The van der Waals surface area contributed by atoms with Gasteiger partial charge >= 0.3 is 0 Å². The maximum Gasteiger partial charge on any atom is -0.0351 e. The minimum Gasteiger partial charge on any atom is -0.344 e. The van der Waals surface area contributed by atoms with Crippen molar-refractivity contribution in [2.24, 2.45) is 0 Å². The van der Waals surface area contributed by atoms with Crippen molar-refractivity contribution in [1.29, 1.82) is 0 Å². The fourth-order valence-corrected chi connectivity index (χ4v) is 0.760. The van der Waals surface area contributed by atoms with E-state index in [4.69, 9.17) is 0 Å². The molecule has 1 aliphatic rings. The van der Waals surface area contributed by atoms with E-state index in [1.807, 2.05) is 0 Å². The van der Waals surface area contributed by atoms with Crippen LogP contribution >= 0.6 is 0 Å². The van der Waals surface area contributed by atoms with Crippen LogP contribution in [0, 0.1) is 0 Å². The molecule has 0 saturated heterocycles. The molecule has 0 bridgehead atoms. The Labute approximate surface area is 51.1 Å². The lowest BCUT2D eigenvalue weighted by molar-refractivity contribution is 0.730. The highest BCUT2D eigenvalue weighted by molar-refractivity contribution is 4.85. The molecule has 0 aromatic rings. The molecular weight excluding hydrogens is 100 g/mol. The van der Waals surface area contributed by atoms with Gasteiger partial charge in [-0.05, 0) is 25.7 Å². The first kappa shape index (κ1) is 10.6. The molecule has 0 aliphatic heterocycles. The third-order valence-corrected chi connectivity index (χ3v) is 1.16. The van der Waals surface area contributed by atoms with Crippen LogP contribution in [-0.4, -0.2) is 0 Å². The van der Waals surface area contributed by atoms with Crippen molar-refractivity contribution in [2.45, 2.75) is 25.7 Å². The molecule has 1 rings (SSSR count). The molecule has 0 radical (unpaired) electrons. The van der Waals surface area contributed by atoms with E-state index in [2.05, 4.69) is 12.2 Å². The van der Waals surface area contributed by atoms with E-state index in [0.717, 1.165) is 0 Å². The van der Waals surface area contributed by atoms with Gasteiger partial charge in [-0.2, -0.15) is 0 Å². The fraction of sp³-hybridized carbons (Fsp3) is 0.667. The second-order valence-electron chi connectivity index (χ2n) is 1.76. The van der Waals surface area contributed by atoms with Gasteiger partial charge in [-0.1, -0.05) is 12.2 Å². The summed E-state index contributed by atoms with van der Waals surface area (Å²) < 4.78 is 0. The van der Waals surface area contributed by atoms with E-state index >= 15 is 0 Å². The molecule has 1 aliphatic carbocycles. The summed E-state index contributed by atoms with van der Waals surface area (Å²) in [5.74, 6) is 0. The molecule has 0 fully saturated rings. The molecule has 0 aromatic carbocycles. The summed E-state index contributed by atoms with van der Waals surface area (Å²) in [5.41, 5.74) is 0. The molecule has 0 amide bonds. The minimum atomic E-state index is 0. The van der Waals surface area contributed by atoms with Gasteiger partial charge in [-0.25, -0.2) is 0 Å². The zero-order valence-electron chi connectivity index (χ0n) is 5.40. The van der Waals surface area contributed by atoms with Gasteiger partial charge in [-0.3, -0.25) is 0 Å². The molecule has 0 heterocycles. The maximum absolute atomic E-state index is 2.27. The Bertz CT molecular complexity index is 51.5. The van der Waals surface area contributed by atoms with Crippen LogP contribution in [0.1, 0.15) is 25.7 Å². The summed E-state index contributed by atoms with van der Waals surface area (Å²) in [6.07, 6.45) is 10.0. The molecular formula is C6H16N2. The topological polar surface area (TPSA) is 70.0 Å². The lowest BCUT2D eigenvalue weighted by Gasteiger charge is -1.97. The summed E-state index contributed by atoms with van der Waals surface area (Å²) in [6.45, 7) is 0. The minimum absolute atomic E-state index is 0. The van der Waals surface area contributed by atoms with Gasteiger partial charge in [0.25, 0.3) is 0 Å². The molecule has 2 nitrogen and oxygen atoms in total. The predicted molar refractivity (Wildman–Crippen MR) is 37.7 cm³/mol. The number of rotatable bonds is 0. The van der Waals surface area contributed by atoms with Crippen LogP contribution in [0.4, 0.5) is 0 Å². The van der Waals surface area contributed by atoms with Gasteiger partial charge in [0, 0.05) is 0 Å². The Morgan fingerprint density at radius 3 is 1.25 bits per heavy atom. The summed E-state index contributed by atoms with van der Waals surface area (Å²) in [4.78, 5) is 0. The first-order valence-electron chi connectivity index (χ1n) is 2.65. The first-order valence-corrected chi connectivity index (χ1v) is 2.65. The normalized spacial score (nSPS) is 16.0. The van der Waals surface area contributed by atoms with Crippen LogP contribution in [-0.2, 0) is 0 Å². The quantitative estimate of drug-likeness (QED) is 0.477. The molecule has 0 saturated carbocycles. The fourth-order valence-electron chi connectivity index (χ4n) is 0.760. The Hall–Kier alpha value is -0.340. The Morgan fingerprint density at radius 1 is 0.750 bits per heavy atom. The second kappa shape index (κ2) is 6.66. The van der Waals surface area contributed by atoms with Gasteiger partial charge in [0.15, 0.2) is 0 Å². The largest absolute Gasteiger partial charge is 0.344 e. The SMILES string of the molecule is C1=CCCCC1.N.N. The summed E-state index contributed by atoms with van der Waals surface area (Å²) in [5, 5.41) is 0. The highest BCUT2D eigenvalue weighted by Crippen LogP contribution is 2.07. The van der Waals surface area contributed by atoms with E-state index in [0.29, 0.717) is 0 Å². The van der Waals surface area contributed by atoms with Crippen molar-refractivity contribution < 1.29 is 0 Å². The van der Waals surface area contributed by atoms with Crippen LogP contribution in [0.5, 0.6) is 0 Å². The van der Waals surface area contributed by atoms with Crippen LogP contribution in [0.25, 0.3) is 0 Å². The maximum atomic E-state index is 2.27. The zero-order valence-corrected chi connectivity index (χ0v) is 5.40. The Morgan fingerprint density at radius 2 is 1.12 bits per heavy atom. The average Bonchev–Trinajstić information content (AvgIpc) is 1.72. The van der Waals surface area contributed by atoms with Crippen LogP contribution in [0.3, 0.4) is 0 Å². The van der Waals surface area contributed by atoms with Crippen molar-refractivity contribution in [3.63, 3.8) is 0 Å². The summed E-state index contributed by atoms with van der Waals surface area (Å²) >= 11 is 0. The lowest BCUT2D eigenvalue weighted by Crippen LogP contribution is -1.77. The highest BCUT2D eigenvalue weighted by Gasteiger charge is 1.87. The van der Waals surface area contributed by atoms with Gasteiger partial charge in [0.2, 0.25) is 0 Å². The van der Waals surface area contributed by atoms with Crippen LogP contribution in [0.15, 0.2) is 12.2 Å². The van der Waals surface area contributed by atoms with E-state index in [1.54, 1.807) is 0 Å². The third-order valence-electron chi connectivity index (χ3n) is 1.16. The van der Waals surface area contributed by atoms with Gasteiger partial charge in [0.1, 0.15) is 0 Å². The van der Waals surface area contributed by atoms with Crippen molar-refractivity contribution in [3.8, 4) is 0 Å². The van der Waals surface area contributed by atoms with Crippen molar-refractivity contribution in [3.05, 3.63) is 12.2 Å². The zero-order chi connectivity index (χ0) is 4.24. The Kier molecular flexibility index (Phi) is 8.83. The molecule has 6 N–H and O–H groups in total. The molecule has 0 spiro atoms. The monoisotopic (exact) mass is 116 g/mol. The van der Waals surface area contributed by atoms with Crippen LogP contribution in [0.2, 0.25) is 0 Å². The van der Waals surface area contributed by atoms with E-state index in [9.17, 15) is 0 Å². The Balaban J connectivity index is 0. The molecule has 50 valence electrons. The van der Waals surface area contributed by atoms with Crippen molar-refractivity contribution in [2.75, 3.05) is 0 Å². The smallest absolute Gasteiger partial charge is 0.0351 e. The molecule has 0 aromatic heterocycles. The highest BCUT2D eigenvalue weighted by atomic mass is 14.0. The van der Waals surface area contributed by atoms with Gasteiger partial charge in [0.05, 0.1) is 0 Å². The van der Waals surface area contributed by atoms with E-state index in [-0.39, 0.29) is 12.3 Å².